The first kappa shape index (κ1) is 16.6. The van der Waals surface area contributed by atoms with E-state index in [0.717, 1.165) is 30.3 Å². The molecule has 1 heterocycles. The lowest BCUT2D eigenvalue weighted by atomic mass is 10.1. The SMILES string of the molecule is CC(C)Cn1cc(C(=O)NCC(=O)OCC2CC2)c2ccccc21. The Kier molecular flexibility index (Phi) is 4.88. The summed E-state index contributed by atoms with van der Waals surface area (Å²) < 4.78 is 7.24. The summed E-state index contributed by atoms with van der Waals surface area (Å²) in [7, 11) is 0. The summed E-state index contributed by atoms with van der Waals surface area (Å²) in [5, 5.41) is 3.58. The van der Waals surface area contributed by atoms with Gasteiger partial charge in [-0.15, -0.1) is 0 Å². The average Bonchev–Trinajstić information content (AvgIpc) is 3.32. The topological polar surface area (TPSA) is 60.3 Å². The largest absolute Gasteiger partial charge is 0.464 e. The summed E-state index contributed by atoms with van der Waals surface area (Å²) in [6.07, 6.45) is 4.14. The highest BCUT2D eigenvalue weighted by Crippen LogP contribution is 2.28. The molecular formula is C19H24N2O3. The molecule has 1 aromatic heterocycles. The van der Waals surface area contributed by atoms with Gasteiger partial charge in [-0.1, -0.05) is 32.0 Å². The summed E-state index contributed by atoms with van der Waals surface area (Å²) in [4.78, 5) is 24.2. The van der Waals surface area contributed by atoms with E-state index in [1.807, 2.05) is 30.5 Å². The van der Waals surface area contributed by atoms with Crippen molar-refractivity contribution in [3.8, 4) is 0 Å². The van der Waals surface area contributed by atoms with E-state index < -0.39 is 0 Å². The lowest BCUT2D eigenvalue weighted by Crippen LogP contribution is -2.30. The third-order valence-corrected chi connectivity index (χ3v) is 4.17. The number of rotatable bonds is 7. The van der Waals surface area contributed by atoms with E-state index in [1.54, 1.807) is 0 Å². The van der Waals surface area contributed by atoms with Crippen molar-refractivity contribution in [2.24, 2.45) is 11.8 Å². The molecule has 0 atom stereocenters. The second kappa shape index (κ2) is 7.07. The number of aromatic nitrogens is 1. The molecule has 5 heteroatoms. The number of amides is 1. The Balaban J connectivity index is 1.68. The maximum absolute atomic E-state index is 12.5. The van der Waals surface area contributed by atoms with Crippen LogP contribution in [0.2, 0.25) is 0 Å². The Hall–Kier alpha value is -2.30. The van der Waals surface area contributed by atoms with Crippen molar-refractivity contribution in [2.75, 3.05) is 13.2 Å². The van der Waals surface area contributed by atoms with Crippen LogP contribution in [0.3, 0.4) is 0 Å². The van der Waals surface area contributed by atoms with Crippen LogP contribution in [0.5, 0.6) is 0 Å². The minimum Gasteiger partial charge on any atom is -0.464 e. The Bertz CT molecular complexity index is 744. The van der Waals surface area contributed by atoms with E-state index in [9.17, 15) is 9.59 Å². The van der Waals surface area contributed by atoms with Crippen molar-refractivity contribution >= 4 is 22.8 Å². The fourth-order valence-corrected chi connectivity index (χ4v) is 2.77. The third-order valence-electron chi connectivity index (χ3n) is 4.17. The molecule has 1 saturated carbocycles. The molecule has 1 N–H and O–H groups in total. The van der Waals surface area contributed by atoms with E-state index in [4.69, 9.17) is 4.74 Å². The summed E-state index contributed by atoms with van der Waals surface area (Å²) in [6, 6.07) is 7.84. The second-order valence-electron chi connectivity index (χ2n) is 6.92. The van der Waals surface area contributed by atoms with Gasteiger partial charge >= 0.3 is 5.97 Å². The number of fused-ring (bicyclic) bond motifs is 1. The zero-order chi connectivity index (χ0) is 17.1. The molecule has 1 amide bonds. The van der Waals surface area contributed by atoms with Crippen molar-refractivity contribution in [2.45, 2.75) is 33.2 Å². The van der Waals surface area contributed by atoms with Crippen molar-refractivity contribution in [3.63, 3.8) is 0 Å². The first-order valence-corrected chi connectivity index (χ1v) is 8.56. The van der Waals surface area contributed by atoms with Gasteiger partial charge in [0.05, 0.1) is 12.2 Å². The van der Waals surface area contributed by atoms with Gasteiger partial charge in [-0.3, -0.25) is 9.59 Å². The van der Waals surface area contributed by atoms with Gasteiger partial charge in [-0.05, 0) is 30.7 Å². The number of carbonyl (C=O) groups excluding carboxylic acids is 2. The zero-order valence-corrected chi connectivity index (χ0v) is 14.2. The normalized spacial score (nSPS) is 14.1. The monoisotopic (exact) mass is 328 g/mol. The average molecular weight is 328 g/mol. The van der Waals surface area contributed by atoms with Gasteiger partial charge < -0.3 is 14.6 Å². The van der Waals surface area contributed by atoms with Gasteiger partial charge in [0.2, 0.25) is 0 Å². The fourth-order valence-electron chi connectivity index (χ4n) is 2.77. The second-order valence-corrected chi connectivity index (χ2v) is 6.92. The van der Waals surface area contributed by atoms with Crippen LogP contribution in [-0.4, -0.2) is 29.6 Å². The summed E-state index contributed by atoms with van der Waals surface area (Å²) >= 11 is 0. The number of nitrogens with one attached hydrogen (secondary N) is 1. The highest BCUT2D eigenvalue weighted by Gasteiger charge is 2.23. The minimum atomic E-state index is -0.374. The lowest BCUT2D eigenvalue weighted by Gasteiger charge is -2.07. The van der Waals surface area contributed by atoms with Crippen molar-refractivity contribution in [1.82, 2.24) is 9.88 Å². The lowest BCUT2D eigenvalue weighted by molar-refractivity contribution is -0.142. The van der Waals surface area contributed by atoms with Crippen molar-refractivity contribution < 1.29 is 14.3 Å². The van der Waals surface area contributed by atoms with Crippen LogP contribution in [-0.2, 0) is 16.1 Å². The van der Waals surface area contributed by atoms with Gasteiger partial charge in [0, 0.05) is 23.6 Å². The van der Waals surface area contributed by atoms with E-state index in [-0.39, 0.29) is 18.4 Å². The molecule has 0 unspecified atom stereocenters. The van der Waals surface area contributed by atoms with Crippen LogP contribution in [0.25, 0.3) is 10.9 Å². The Morgan fingerprint density at radius 3 is 2.75 bits per heavy atom. The number of hydrogen-bond donors (Lipinski definition) is 1. The Labute approximate surface area is 142 Å². The van der Waals surface area contributed by atoms with Crippen molar-refractivity contribution in [3.05, 3.63) is 36.0 Å². The molecular weight excluding hydrogens is 304 g/mol. The number of para-hydroxylation sites is 1. The van der Waals surface area contributed by atoms with E-state index >= 15 is 0 Å². The molecule has 1 fully saturated rings. The molecule has 0 saturated heterocycles. The maximum atomic E-state index is 12.5. The molecule has 128 valence electrons. The highest BCUT2D eigenvalue weighted by atomic mass is 16.5. The summed E-state index contributed by atoms with van der Waals surface area (Å²) in [5.74, 6) is 0.394. The van der Waals surface area contributed by atoms with Crippen LogP contribution >= 0.6 is 0 Å². The molecule has 3 rings (SSSR count). The number of nitrogens with zero attached hydrogens (tertiary/aromatic N) is 1. The van der Waals surface area contributed by atoms with Crippen LogP contribution in [0.4, 0.5) is 0 Å². The molecule has 5 nitrogen and oxygen atoms in total. The Morgan fingerprint density at radius 2 is 2.04 bits per heavy atom. The molecule has 1 aliphatic rings. The van der Waals surface area contributed by atoms with E-state index in [2.05, 4.69) is 23.7 Å². The third kappa shape index (κ3) is 3.96. The number of carbonyl (C=O) groups is 2. The quantitative estimate of drug-likeness (QED) is 0.795. The zero-order valence-electron chi connectivity index (χ0n) is 14.2. The maximum Gasteiger partial charge on any atom is 0.325 e. The molecule has 1 aliphatic carbocycles. The smallest absolute Gasteiger partial charge is 0.325 e. The number of ether oxygens (including phenoxy) is 1. The van der Waals surface area contributed by atoms with Crippen LogP contribution in [0, 0.1) is 11.8 Å². The molecule has 0 aliphatic heterocycles. The fraction of sp³-hybridized carbons (Fsp3) is 0.474. The molecule has 0 spiro atoms. The minimum absolute atomic E-state index is 0.0881. The number of benzene rings is 1. The molecule has 1 aromatic carbocycles. The molecule has 2 aromatic rings. The van der Waals surface area contributed by atoms with Gasteiger partial charge in [0.1, 0.15) is 6.54 Å². The van der Waals surface area contributed by atoms with E-state index in [1.165, 1.54) is 0 Å². The standard InChI is InChI=1S/C19H24N2O3/c1-13(2)10-21-11-16(15-5-3-4-6-17(15)21)19(23)20-9-18(22)24-12-14-7-8-14/h3-6,11,13-14H,7-10,12H2,1-2H3,(H,20,23). The summed E-state index contributed by atoms with van der Waals surface area (Å²) in [5.41, 5.74) is 1.63. The van der Waals surface area contributed by atoms with Gasteiger partial charge in [0.15, 0.2) is 0 Å². The van der Waals surface area contributed by atoms with Gasteiger partial charge in [-0.2, -0.15) is 0 Å². The number of esters is 1. The predicted molar refractivity (Wildman–Crippen MR) is 92.8 cm³/mol. The first-order chi connectivity index (χ1) is 11.5. The summed E-state index contributed by atoms with van der Waals surface area (Å²) in [6.45, 7) is 5.52. The predicted octanol–water partition coefficient (Wildman–Crippen LogP) is 2.98. The van der Waals surface area contributed by atoms with Crippen LogP contribution in [0.15, 0.2) is 30.5 Å². The first-order valence-electron chi connectivity index (χ1n) is 8.56. The van der Waals surface area contributed by atoms with Crippen LogP contribution in [0.1, 0.15) is 37.0 Å². The number of hydrogen-bond acceptors (Lipinski definition) is 3. The highest BCUT2D eigenvalue weighted by molar-refractivity contribution is 6.07. The Morgan fingerprint density at radius 1 is 1.29 bits per heavy atom. The van der Waals surface area contributed by atoms with Gasteiger partial charge in [-0.25, -0.2) is 0 Å². The molecule has 0 bridgehead atoms. The van der Waals surface area contributed by atoms with Crippen LogP contribution < -0.4 is 5.32 Å². The van der Waals surface area contributed by atoms with Crippen molar-refractivity contribution in [1.29, 1.82) is 0 Å². The van der Waals surface area contributed by atoms with E-state index in [0.29, 0.717) is 24.0 Å². The van der Waals surface area contributed by atoms with Gasteiger partial charge in [0.25, 0.3) is 5.91 Å². The molecule has 24 heavy (non-hydrogen) atoms. The molecule has 0 radical (unpaired) electrons.